The van der Waals surface area contributed by atoms with Crippen LogP contribution in [0.25, 0.3) is 0 Å². The minimum absolute atomic E-state index is 0.0864. The van der Waals surface area contributed by atoms with Crippen LogP contribution < -0.4 is 14.8 Å². The third kappa shape index (κ3) is 6.10. The normalized spacial score (nSPS) is 11.7. The smallest absolute Gasteiger partial charge is 0.260 e. The first-order valence-corrected chi connectivity index (χ1v) is 9.23. The highest BCUT2D eigenvalue weighted by Crippen LogP contribution is 2.20. The average Bonchev–Trinajstić information content (AvgIpc) is 2.62. The number of benzene rings is 2. The van der Waals surface area contributed by atoms with Crippen molar-refractivity contribution in [1.82, 2.24) is 5.32 Å². The van der Waals surface area contributed by atoms with Gasteiger partial charge in [0.25, 0.3) is 5.91 Å². The van der Waals surface area contributed by atoms with E-state index in [0.29, 0.717) is 13.2 Å². The van der Waals surface area contributed by atoms with Gasteiger partial charge in [-0.25, -0.2) is 0 Å². The van der Waals surface area contributed by atoms with E-state index in [4.69, 9.17) is 9.47 Å². The van der Waals surface area contributed by atoms with Crippen LogP contribution in [-0.2, 0) is 11.2 Å². The van der Waals surface area contributed by atoms with Crippen molar-refractivity contribution in [3.63, 3.8) is 0 Å². The molecule has 26 heavy (non-hydrogen) atoms. The lowest BCUT2D eigenvalue weighted by atomic mass is 10.1. The Bertz CT molecular complexity index is 710. The number of rotatable bonds is 9. The second-order valence-corrected chi connectivity index (χ2v) is 6.50. The van der Waals surface area contributed by atoms with Crippen molar-refractivity contribution in [1.29, 1.82) is 0 Å². The quantitative estimate of drug-likeness (QED) is 0.685. The Labute approximate surface area is 156 Å². The summed E-state index contributed by atoms with van der Waals surface area (Å²) in [6.07, 6.45) is 1.29. The van der Waals surface area contributed by atoms with Crippen LogP contribution in [0.15, 0.2) is 42.5 Å². The minimum Gasteiger partial charge on any atom is -0.494 e. The van der Waals surface area contributed by atoms with Crippen LogP contribution in [-0.4, -0.2) is 25.2 Å². The Kier molecular flexibility index (Phi) is 7.52. The maximum absolute atomic E-state index is 12.2. The van der Waals surface area contributed by atoms with Crippen molar-refractivity contribution in [2.75, 3.05) is 13.2 Å². The summed E-state index contributed by atoms with van der Waals surface area (Å²) in [6.45, 7) is 9.09. The summed E-state index contributed by atoms with van der Waals surface area (Å²) in [5.74, 6) is 1.56. The van der Waals surface area contributed by atoms with Gasteiger partial charge >= 0.3 is 0 Å². The molecule has 4 nitrogen and oxygen atoms in total. The summed E-state index contributed by atoms with van der Waals surface area (Å²) >= 11 is 0. The summed E-state index contributed by atoms with van der Waals surface area (Å²) < 4.78 is 11.2. The maximum Gasteiger partial charge on any atom is 0.260 e. The zero-order valence-electron chi connectivity index (χ0n) is 16.2. The van der Waals surface area contributed by atoms with E-state index in [0.717, 1.165) is 29.9 Å². The van der Waals surface area contributed by atoms with Crippen LogP contribution in [0.1, 0.15) is 37.0 Å². The molecule has 140 valence electrons. The van der Waals surface area contributed by atoms with Crippen LogP contribution in [0.3, 0.4) is 0 Å². The van der Waals surface area contributed by atoms with Gasteiger partial charge in [0.1, 0.15) is 11.5 Å². The Morgan fingerprint density at radius 1 is 1.12 bits per heavy atom. The molecule has 0 radical (unpaired) electrons. The molecule has 4 heteroatoms. The maximum atomic E-state index is 12.2. The number of carbonyl (C=O) groups is 1. The second-order valence-electron chi connectivity index (χ2n) is 6.50. The van der Waals surface area contributed by atoms with Gasteiger partial charge in [0.15, 0.2) is 6.10 Å². The zero-order chi connectivity index (χ0) is 18.9. The van der Waals surface area contributed by atoms with Gasteiger partial charge in [0.05, 0.1) is 6.61 Å². The van der Waals surface area contributed by atoms with Crippen LogP contribution in [0.2, 0.25) is 0 Å². The molecular formula is C22H29NO3. The standard InChI is InChI=1S/C22H29NO3/c1-5-25-20-11-9-19(10-12-20)7-6-14-23-22(24)18(4)26-21-13-8-16(2)15-17(21)3/h8-13,15,18H,5-7,14H2,1-4H3,(H,23,24)/t18-/m1/s1. The summed E-state index contributed by atoms with van der Waals surface area (Å²) in [7, 11) is 0. The monoisotopic (exact) mass is 355 g/mol. The number of amides is 1. The molecule has 0 aliphatic rings. The molecule has 1 N–H and O–H groups in total. The summed E-state index contributed by atoms with van der Waals surface area (Å²) in [5.41, 5.74) is 3.46. The number of hydrogen-bond acceptors (Lipinski definition) is 3. The molecule has 1 atom stereocenters. The van der Waals surface area contributed by atoms with Gasteiger partial charge in [-0.15, -0.1) is 0 Å². The highest BCUT2D eigenvalue weighted by atomic mass is 16.5. The number of nitrogens with one attached hydrogen (secondary N) is 1. The van der Waals surface area contributed by atoms with Gasteiger partial charge in [0, 0.05) is 6.54 Å². The molecule has 2 aromatic rings. The molecule has 0 heterocycles. The molecule has 2 rings (SSSR count). The fourth-order valence-electron chi connectivity index (χ4n) is 2.74. The van der Waals surface area contributed by atoms with Gasteiger partial charge in [-0.1, -0.05) is 29.8 Å². The number of hydrogen-bond donors (Lipinski definition) is 1. The first-order chi connectivity index (χ1) is 12.5. The molecular weight excluding hydrogens is 326 g/mol. The SMILES string of the molecule is CCOc1ccc(CCCNC(=O)[C@@H](C)Oc2ccc(C)cc2C)cc1. The molecule has 0 unspecified atom stereocenters. The summed E-state index contributed by atoms with van der Waals surface area (Å²) in [5, 5.41) is 2.95. The van der Waals surface area contributed by atoms with E-state index < -0.39 is 6.10 Å². The van der Waals surface area contributed by atoms with Gasteiger partial charge in [0.2, 0.25) is 0 Å². The number of carbonyl (C=O) groups excluding carboxylic acids is 1. The van der Waals surface area contributed by atoms with Crippen molar-refractivity contribution < 1.29 is 14.3 Å². The lowest BCUT2D eigenvalue weighted by molar-refractivity contribution is -0.127. The van der Waals surface area contributed by atoms with Crippen molar-refractivity contribution in [2.24, 2.45) is 0 Å². The van der Waals surface area contributed by atoms with Crippen molar-refractivity contribution in [2.45, 2.75) is 46.6 Å². The van der Waals surface area contributed by atoms with Gasteiger partial charge in [-0.2, -0.15) is 0 Å². The van der Waals surface area contributed by atoms with E-state index in [1.807, 2.05) is 45.0 Å². The van der Waals surface area contributed by atoms with Crippen LogP contribution in [0.5, 0.6) is 11.5 Å². The Hall–Kier alpha value is -2.49. The average molecular weight is 355 g/mol. The van der Waals surface area contributed by atoms with Crippen molar-refractivity contribution in [3.8, 4) is 11.5 Å². The lowest BCUT2D eigenvalue weighted by Gasteiger charge is -2.16. The molecule has 0 aromatic heterocycles. The predicted octanol–water partition coefficient (Wildman–Crippen LogP) is 4.22. The third-order valence-corrected chi connectivity index (χ3v) is 4.18. The first kappa shape index (κ1) is 19.8. The van der Waals surface area contributed by atoms with Gasteiger partial charge < -0.3 is 14.8 Å². The molecule has 0 aliphatic heterocycles. The second kappa shape index (κ2) is 9.85. The highest BCUT2D eigenvalue weighted by molar-refractivity contribution is 5.80. The fraction of sp³-hybridized carbons (Fsp3) is 0.409. The number of ether oxygens (including phenoxy) is 2. The first-order valence-electron chi connectivity index (χ1n) is 9.23. The molecule has 0 aliphatic carbocycles. The van der Waals surface area contributed by atoms with Gasteiger partial charge in [-0.3, -0.25) is 4.79 Å². The molecule has 0 saturated carbocycles. The Morgan fingerprint density at radius 2 is 1.85 bits per heavy atom. The lowest BCUT2D eigenvalue weighted by Crippen LogP contribution is -2.37. The Morgan fingerprint density at radius 3 is 2.50 bits per heavy atom. The Balaban J connectivity index is 1.72. The third-order valence-electron chi connectivity index (χ3n) is 4.18. The van der Waals surface area contributed by atoms with E-state index >= 15 is 0 Å². The van der Waals surface area contributed by atoms with Crippen molar-refractivity contribution >= 4 is 5.91 Å². The largest absolute Gasteiger partial charge is 0.494 e. The molecule has 1 amide bonds. The zero-order valence-corrected chi connectivity index (χ0v) is 16.2. The molecule has 0 fully saturated rings. The fourth-order valence-corrected chi connectivity index (χ4v) is 2.74. The van der Waals surface area contributed by atoms with Gasteiger partial charge in [-0.05, 0) is 69.9 Å². The molecule has 2 aromatic carbocycles. The predicted molar refractivity (Wildman–Crippen MR) is 105 cm³/mol. The van der Waals surface area contributed by atoms with E-state index in [1.54, 1.807) is 6.92 Å². The molecule has 0 bridgehead atoms. The molecule has 0 spiro atoms. The van der Waals surface area contributed by atoms with E-state index in [2.05, 4.69) is 23.5 Å². The minimum atomic E-state index is -0.512. The van der Waals surface area contributed by atoms with E-state index in [-0.39, 0.29) is 5.91 Å². The van der Waals surface area contributed by atoms with Crippen LogP contribution in [0, 0.1) is 13.8 Å². The van der Waals surface area contributed by atoms with Crippen LogP contribution in [0.4, 0.5) is 0 Å². The number of aryl methyl sites for hydroxylation is 3. The van der Waals surface area contributed by atoms with E-state index in [9.17, 15) is 4.79 Å². The summed E-state index contributed by atoms with van der Waals surface area (Å²) in [4.78, 5) is 12.2. The highest BCUT2D eigenvalue weighted by Gasteiger charge is 2.15. The topological polar surface area (TPSA) is 47.6 Å². The molecule has 0 saturated heterocycles. The van der Waals surface area contributed by atoms with Crippen molar-refractivity contribution in [3.05, 3.63) is 59.2 Å². The van der Waals surface area contributed by atoms with E-state index in [1.165, 1.54) is 11.1 Å². The van der Waals surface area contributed by atoms with Crippen LogP contribution >= 0.6 is 0 Å². The summed E-state index contributed by atoms with van der Waals surface area (Å²) in [6, 6.07) is 14.1.